The number of aromatic nitrogens is 1. The molecule has 5 nitrogen and oxygen atoms in total. The Morgan fingerprint density at radius 1 is 1.40 bits per heavy atom. The third-order valence-electron chi connectivity index (χ3n) is 3.85. The zero-order valence-corrected chi connectivity index (χ0v) is 14.9. The quantitative estimate of drug-likeness (QED) is 0.871. The number of urea groups is 1. The third kappa shape index (κ3) is 4.52. The van der Waals surface area contributed by atoms with E-state index in [1.165, 1.54) is 17.4 Å². The molecule has 0 spiro atoms. The van der Waals surface area contributed by atoms with Crippen molar-refractivity contribution < 1.29 is 13.6 Å². The molecule has 0 saturated carbocycles. The van der Waals surface area contributed by atoms with Crippen molar-refractivity contribution in [3.05, 3.63) is 46.0 Å². The Bertz CT molecular complexity index is 778. The van der Waals surface area contributed by atoms with Gasteiger partial charge >= 0.3 is 6.03 Å². The highest BCUT2D eigenvalue weighted by Gasteiger charge is 2.22. The van der Waals surface area contributed by atoms with Gasteiger partial charge < -0.3 is 5.32 Å². The molecule has 25 heavy (non-hydrogen) atoms. The molecule has 2 amide bonds. The summed E-state index contributed by atoms with van der Waals surface area (Å²) in [4.78, 5) is 19.3. The van der Waals surface area contributed by atoms with E-state index in [9.17, 15) is 13.6 Å². The first-order valence-corrected chi connectivity index (χ1v) is 8.94. The fourth-order valence-corrected chi connectivity index (χ4v) is 3.78. The van der Waals surface area contributed by atoms with E-state index in [4.69, 9.17) is 0 Å². The van der Waals surface area contributed by atoms with Gasteiger partial charge in [0, 0.05) is 42.5 Å². The van der Waals surface area contributed by atoms with Gasteiger partial charge in [0.25, 0.3) is 0 Å². The SMILES string of the molecule is CC(C)NC(=O)Nc1nc2c(s1)CN(Cc1cc(F)ccc1F)CC2. The second-order valence-corrected chi connectivity index (χ2v) is 7.42. The molecule has 0 saturated heterocycles. The number of hydrogen-bond acceptors (Lipinski definition) is 4. The van der Waals surface area contributed by atoms with Crippen molar-refractivity contribution >= 4 is 22.5 Å². The lowest BCUT2D eigenvalue weighted by atomic mass is 10.1. The number of hydrogen-bond donors (Lipinski definition) is 2. The van der Waals surface area contributed by atoms with Gasteiger partial charge in [-0.1, -0.05) is 0 Å². The lowest BCUT2D eigenvalue weighted by Gasteiger charge is -2.25. The molecule has 1 aliphatic heterocycles. The number of benzene rings is 1. The van der Waals surface area contributed by atoms with Crippen LogP contribution >= 0.6 is 11.3 Å². The molecule has 0 atom stereocenters. The van der Waals surface area contributed by atoms with Crippen LogP contribution in [-0.2, 0) is 19.5 Å². The highest BCUT2D eigenvalue weighted by molar-refractivity contribution is 7.15. The van der Waals surface area contributed by atoms with Crippen LogP contribution in [0.1, 0.15) is 30.0 Å². The summed E-state index contributed by atoms with van der Waals surface area (Å²) in [5.41, 5.74) is 1.31. The Balaban J connectivity index is 1.65. The minimum atomic E-state index is -0.436. The number of carbonyl (C=O) groups is 1. The van der Waals surface area contributed by atoms with Crippen molar-refractivity contribution in [2.24, 2.45) is 0 Å². The Morgan fingerprint density at radius 2 is 2.20 bits per heavy atom. The van der Waals surface area contributed by atoms with Crippen molar-refractivity contribution in [2.75, 3.05) is 11.9 Å². The van der Waals surface area contributed by atoms with Gasteiger partial charge in [0.05, 0.1) is 5.69 Å². The van der Waals surface area contributed by atoms with E-state index < -0.39 is 11.6 Å². The molecule has 2 heterocycles. The average molecular weight is 366 g/mol. The molecule has 134 valence electrons. The smallest absolute Gasteiger partial charge is 0.321 e. The summed E-state index contributed by atoms with van der Waals surface area (Å²) < 4.78 is 27.1. The second kappa shape index (κ2) is 7.45. The van der Waals surface area contributed by atoms with Crippen LogP contribution in [0.2, 0.25) is 0 Å². The number of nitrogens with zero attached hydrogens (tertiary/aromatic N) is 2. The van der Waals surface area contributed by atoms with E-state index in [0.717, 1.165) is 29.1 Å². The molecule has 0 unspecified atom stereocenters. The minimum absolute atomic E-state index is 0.0474. The molecule has 2 N–H and O–H groups in total. The monoisotopic (exact) mass is 366 g/mol. The molecule has 1 aliphatic rings. The Labute approximate surface area is 149 Å². The Morgan fingerprint density at radius 3 is 2.96 bits per heavy atom. The van der Waals surface area contributed by atoms with Crippen LogP contribution < -0.4 is 10.6 Å². The summed E-state index contributed by atoms with van der Waals surface area (Å²) in [7, 11) is 0. The summed E-state index contributed by atoms with van der Waals surface area (Å²) in [5, 5.41) is 6.05. The molecule has 3 rings (SSSR count). The average Bonchev–Trinajstić information content (AvgIpc) is 2.91. The second-order valence-electron chi connectivity index (χ2n) is 6.34. The van der Waals surface area contributed by atoms with Crippen molar-refractivity contribution in [3.63, 3.8) is 0 Å². The van der Waals surface area contributed by atoms with Gasteiger partial charge in [0.2, 0.25) is 0 Å². The highest BCUT2D eigenvalue weighted by Crippen LogP contribution is 2.29. The lowest BCUT2D eigenvalue weighted by molar-refractivity contribution is 0.243. The van der Waals surface area contributed by atoms with Crippen LogP contribution in [0.25, 0.3) is 0 Å². The van der Waals surface area contributed by atoms with Crippen LogP contribution in [-0.4, -0.2) is 28.5 Å². The van der Waals surface area contributed by atoms with Gasteiger partial charge in [-0.25, -0.2) is 18.6 Å². The molecular weight excluding hydrogens is 346 g/mol. The van der Waals surface area contributed by atoms with E-state index in [2.05, 4.69) is 20.5 Å². The molecular formula is C17H20F2N4OS. The predicted molar refractivity (Wildman–Crippen MR) is 93.6 cm³/mol. The Kier molecular flexibility index (Phi) is 5.29. The van der Waals surface area contributed by atoms with Gasteiger partial charge in [-0.15, -0.1) is 11.3 Å². The first-order valence-electron chi connectivity index (χ1n) is 8.13. The van der Waals surface area contributed by atoms with Crippen molar-refractivity contribution in [2.45, 2.75) is 39.4 Å². The number of thiazole rings is 1. The normalized spacial score (nSPS) is 14.4. The van der Waals surface area contributed by atoms with Crippen LogP contribution in [0.3, 0.4) is 0 Å². The summed E-state index contributed by atoms with van der Waals surface area (Å²) in [6, 6.07) is 3.28. The Hall–Kier alpha value is -2.06. The van der Waals surface area contributed by atoms with Crippen LogP contribution in [0, 0.1) is 11.6 Å². The fourth-order valence-electron chi connectivity index (χ4n) is 2.74. The van der Waals surface area contributed by atoms with Crippen molar-refractivity contribution in [3.8, 4) is 0 Å². The number of nitrogens with one attached hydrogen (secondary N) is 2. The summed E-state index contributed by atoms with van der Waals surface area (Å²) in [6.07, 6.45) is 0.718. The molecule has 1 aromatic carbocycles. The number of rotatable bonds is 4. The maximum Gasteiger partial charge on any atom is 0.321 e. The number of fused-ring (bicyclic) bond motifs is 1. The third-order valence-corrected chi connectivity index (χ3v) is 4.85. The molecule has 0 radical (unpaired) electrons. The lowest BCUT2D eigenvalue weighted by Crippen LogP contribution is -2.34. The van der Waals surface area contributed by atoms with Gasteiger partial charge in [0.1, 0.15) is 11.6 Å². The zero-order chi connectivity index (χ0) is 18.0. The molecule has 1 aromatic heterocycles. The first kappa shape index (κ1) is 17.8. The standard InChI is InChI=1S/C17H20F2N4OS/c1-10(2)20-16(24)22-17-21-14-5-6-23(9-15(14)25-17)8-11-7-12(18)3-4-13(11)19/h3-4,7,10H,5-6,8-9H2,1-2H3,(H2,20,21,22,24). The van der Waals surface area contributed by atoms with Crippen molar-refractivity contribution in [1.29, 1.82) is 0 Å². The van der Waals surface area contributed by atoms with Crippen LogP contribution in [0.5, 0.6) is 0 Å². The van der Waals surface area contributed by atoms with Gasteiger partial charge in [0.15, 0.2) is 5.13 Å². The van der Waals surface area contributed by atoms with Gasteiger partial charge in [-0.3, -0.25) is 10.2 Å². The maximum absolute atomic E-state index is 13.8. The molecule has 0 fully saturated rings. The molecule has 2 aromatic rings. The molecule has 0 bridgehead atoms. The highest BCUT2D eigenvalue weighted by atomic mass is 32.1. The summed E-state index contributed by atoms with van der Waals surface area (Å²) in [5.74, 6) is -0.834. The number of halogens is 2. The van der Waals surface area contributed by atoms with E-state index in [0.29, 0.717) is 30.3 Å². The van der Waals surface area contributed by atoms with Gasteiger partial charge in [-0.05, 0) is 32.0 Å². The van der Waals surface area contributed by atoms with E-state index in [1.54, 1.807) is 0 Å². The fraction of sp³-hybridized carbons (Fsp3) is 0.412. The van der Waals surface area contributed by atoms with E-state index in [1.807, 2.05) is 13.8 Å². The first-order chi connectivity index (χ1) is 11.9. The summed E-state index contributed by atoms with van der Waals surface area (Å²) >= 11 is 1.42. The number of amides is 2. The van der Waals surface area contributed by atoms with E-state index >= 15 is 0 Å². The van der Waals surface area contributed by atoms with E-state index in [-0.39, 0.29) is 12.1 Å². The molecule has 8 heteroatoms. The number of carbonyl (C=O) groups excluding carboxylic acids is 1. The number of anilines is 1. The van der Waals surface area contributed by atoms with Crippen LogP contribution in [0.4, 0.5) is 18.7 Å². The minimum Gasteiger partial charge on any atom is -0.336 e. The summed E-state index contributed by atoms with van der Waals surface area (Å²) in [6.45, 7) is 5.43. The van der Waals surface area contributed by atoms with Gasteiger partial charge in [-0.2, -0.15) is 0 Å². The molecule has 0 aliphatic carbocycles. The maximum atomic E-state index is 13.8. The predicted octanol–water partition coefficient (Wildman–Crippen LogP) is 3.51. The zero-order valence-electron chi connectivity index (χ0n) is 14.1. The van der Waals surface area contributed by atoms with Crippen molar-refractivity contribution in [1.82, 2.24) is 15.2 Å². The largest absolute Gasteiger partial charge is 0.336 e. The topological polar surface area (TPSA) is 57.3 Å². The van der Waals surface area contributed by atoms with Crippen LogP contribution in [0.15, 0.2) is 18.2 Å².